The molecule has 0 saturated heterocycles. The first-order chi connectivity index (χ1) is 12.5. The molecule has 0 fully saturated rings. The second-order valence-corrected chi connectivity index (χ2v) is 5.97. The molecule has 0 bridgehead atoms. The van der Waals surface area contributed by atoms with Crippen LogP contribution in [0.15, 0.2) is 49.1 Å². The van der Waals surface area contributed by atoms with Crippen LogP contribution in [0.25, 0.3) is 0 Å². The first-order valence-electron chi connectivity index (χ1n) is 7.86. The second kappa shape index (κ2) is 7.49. The number of rotatable bonds is 5. The zero-order valence-electron chi connectivity index (χ0n) is 14.1. The van der Waals surface area contributed by atoms with Crippen molar-refractivity contribution >= 4 is 34.8 Å². The molecule has 134 valence electrons. The van der Waals surface area contributed by atoms with E-state index in [1.165, 1.54) is 13.2 Å². The largest absolute Gasteiger partial charge is 0.495 e. The minimum absolute atomic E-state index is 0.0170. The summed E-state index contributed by atoms with van der Waals surface area (Å²) in [6.45, 7) is 4.01. The highest BCUT2D eigenvalue weighted by atomic mass is 35.5. The number of amides is 2. The Bertz CT molecular complexity index is 882. The number of hydrogen-bond donors (Lipinski definition) is 1. The van der Waals surface area contributed by atoms with Crippen molar-refractivity contribution < 1.29 is 19.1 Å². The highest BCUT2D eigenvalue weighted by Crippen LogP contribution is 2.34. The van der Waals surface area contributed by atoms with Crippen molar-refractivity contribution in [2.45, 2.75) is 0 Å². The summed E-state index contributed by atoms with van der Waals surface area (Å²) in [4.78, 5) is 26.1. The lowest BCUT2D eigenvalue weighted by molar-refractivity contribution is -0.121. The quantitative estimate of drug-likeness (QED) is 0.815. The van der Waals surface area contributed by atoms with Crippen LogP contribution in [0.2, 0.25) is 5.02 Å². The van der Waals surface area contributed by atoms with Crippen molar-refractivity contribution in [3.05, 3.63) is 59.6 Å². The van der Waals surface area contributed by atoms with Gasteiger partial charge in [-0.15, -0.1) is 6.58 Å². The molecule has 0 radical (unpaired) electrons. The van der Waals surface area contributed by atoms with Crippen LogP contribution in [0, 0.1) is 0 Å². The Labute approximate surface area is 156 Å². The SMILES string of the molecule is C=CCN1C(=O)COc2ccc(NC(=O)c3ccc(OC)c(Cl)c3)cc21. The predicted molar refractivity (Wildman–Crippen MR) is 100 cm³/mol. The van der Waals surface area contributed by atoms with Crippen LogP contribution in [0.3, 0.4) is 0 Å². The van der Waals surface area contributed by atoms with Crippen LogP contribution in [-0.2, 0) is 4.79 Å². The number of halogens is 1. The molecule has 6 nitrogen and oxygen atoms in total. The normalized spacial score (nSPS) is 12.8. The monoisotopic (exact) mass is 372 g/mol. The number of benzene rings is 2. The van der Waals surface area contributed by atoms with E-state index >= 15 is 0 Å². The number of carbonyl (C=O) groups is 2. The summed E-state index contributed by atoms with van der Waals surface area (Å²) < 4.78 is 10.5. The number of nitrogens with one attached hydrogen (secondary N) is 1. The van der Waals surface area contributed by atoms with Gasteiger partial charge in [0.2, 0.25) is 0 Å². The molecular formula is C19H17ClN2O4. The van der Waals surface area contributed by atoms with Crippen LogP contribution in [-0.4, -0.2) is 32.1 Å². The molecule has 2 aromatic rings. The van der Waals surface area contributed by atoms with E-state index in [-0.39, 0.29) is 18.4 Å². The minimum Gasteiger partial charge on any atom is -0.495 e. The van der Waals surface area contributed by atoms with Gasteiger partial charge in [-0.05, 0) is 36.4 Å². The highest BCUT2D eigenvalue weighted by molar-refractivity contribution is 6.32. The third-order valence-corrected chi connectivity index (χ3v) is 4.18. The molecule has 0 unspecified atom stereocenters. The van der Waals surface area contributed by atoms with E-state index in [0.717, 1.165) is 0 Å². The van der Waals surface area contributed by atoms with Gasteiger partial charge >= 0.3 is 0 Å². The number of ether oxygens (including phenoxy) is 2. The smallest absolute Gasteiger partial charge is 0.265 e. The maximum absolute atomic E-state index is 12.5. The zero-order valence-corrected chi connectivity index (χ0v) is 14.9. The third-order valence-electron chi connectivity index (χ3n) is 3.89. The first-order valence-corrected chi connectivity index (χ1v) is 8.24. The summed E-state index contributed by atoms with van der Waals surface area (Å²) in [6, 6.07) is 9.90. The van der Waals surface area contributed by atoms with Crippen LogP contribution in [0.4, 0.5) is 11.4 Å². The number of nitrogens with zero attached hydrogens (tertiary/aromatic N) is 1. The molecule has 1 aliphatic heterocycles. The van der Waals surface area contributed by atoms with Gasteiger partial charge in [0.15, 0.2) is 6.61 Å². The van der Waals surface area contributed by atoms with Crippen molar-refractivity contribution in [3.8, 4) is 11.5 Å². The molecule has 1 N–H and O–H groups in total. The number of anilines is 2. The molecule has 0 aromatic heterocycles. The van der Waals surface area contributed by atoms with Gasteiger partial charge in [-0.3, -0.25) is 9.59 Å². The topological polar surface area (TPSA) is 67.9 Å². The van der Waals surface area contributed by atoms with Crippen LogP contribution >= 0.6 is 11.6 Å². The Morgan fingerprint density at radius 2 is 2.19 bits per heavy atom. The standard InChI is InChI=1S/C19H17ClN2O4/c1-3-8-22-15-10-13(5-7-17(15)26-11-18(22)23)21-19(24)12-4-6-16(25-2)14(20)9-12/h3-7,9-10H,1,8,11H2,2H3,(H,21,24). The fourth-order valence-corrected chi connectivity index (χ4v) is 2.88. The second-order valence-electron chi connectivity index (χ2n) is 5.57. The number of fused-ring (bicyclic) bond motifs is 1. The van der Waals surface area contributed by atoms with Gasteiger partial charge in [-0.2, -0.15) is 0 Å². The first kappa shape index (κ1) is 17.8. The van der Waals surface area contributed by atoms with Crippen LogP contribution < -0.4 is 19.7 Å². The van der Waals surface area contributed by atoms with E-state index in [0.29, 0.717) is 40.0 Å². The van der Waals surface area contributed by atoms with Crippen LogP contribution in [0.5, 0.6) is 11.5 Å². The molecular weight excluding hydrogens is 356 g/mol. The summed E-state index contributed by atoms with van der Waals surface area (Å²) in [6.07, 6.45) is 1.64. The fourth-order valence-electron chi connectivity index (χ4n) is 2.62. The van der Waals surface area contributed by atoms with Crippen molar-refractivity contribution in [3.63, 3.8) is 0 Å². The lowest BCUT2D eigenvalue weighted by Gasteiger charge is -2.28. The van der Waals surface area contributed by atoms with Crippen LogP contribution in [0.1, 0.15) is 10.4 Å². The average Bonchev–Trinajstić information content (AvgIpc) is 2.64. The van der Waals surface area contributed by atoms with Gasteiger partial charge in [0.1, 0.15) is 11.5 Å². The Hall–Kier alpha value is -2.99. The number of hydrogen-bond acceptors (Lipinski definition) is 4. The van der Waals surface area contributed by atoms with Gasteiger partial charge < -0.3 is 19.7 Å². The summed E-state index contributed by atoms with van der Waals surface area (Å²) in [5, 5.41) is 3.14. The molecule has 2 aromatic carbocycles. The molecule has 1 aliphatic rings. The van der Waals surface area contributed by atoms with Gasteiger partial charge in [-0.25, -0.2) is 0 Å². The Morgan fingerprint density at radius 3 is 2.88 bits per heavy atom. The zero-order chi connectivity index (χ0) is 18.7. The number of methoxy groups -OCH3 is 1. The van der Waals surface area contributed by atoms with Crippen molar-refractivity contribution in [1.29, 1.82) is 0 Å². The van der Waals surface area contributed by atoms with Gasteiger partial charge in [0.05, 0.1) is 17.8 Å². The fraction of sp³-hybridized carbons (Fsp3) is 0.158. The summed E-state index contributed by atoms with van der Waals surface area (Å²) in [5.41, 5.74) is 1.52. The Balaban J connectivity index is 1.84. The van der Waals surface area contributed by atoms with E-state index in [4.69, 9.17) is 21.1 Å². The molecule has 7 heteroatoms. The highest BCUT2D eigenvalue weighted by Gasteiger charge is 2.25. The van der Waals surface area contributed by atoms with Crippen molar-refractivity contribution in [2.75, 3.05) is 30.5 Å². The van der Waals surface area contributed by atoms with Crippen molar-refractivity contribution in [1.82, 2.24) is 0 Å². The van der Waals surface area contributed by atoms with E-state index < -0.39 is 0 Å². The van der Waals surface area contributed by atoms with Gasteiger partial charge in [-0.1, -0.05) is 17.7 Å². The van der Waals surface area contributed by atoms with E-state index in [2.05, 4.69) is 11.9 Å². The molecule has 2 amide bonds. The summed E-state index contributed by atoms with van der Waals surface area (Å²) >= 11 is 6.07. The van der Waals surface area contributed by atoms with E-state index in [9.17, 15) is 9.59 Å². The Morgan fingerprint density at radius 1 is 1.38 bits per heavy atom. The van der Waals surface area contributed by atoms with E-state index in [1.807, 2.05) is 0 Å². The molecule has 0 spiro atoms. The summed E-state index contributed by atoms with van der Waals surface area (Å²) in [5.74, 6) is 0.584. The minimum atomic E-state index is -0.326. The maximum atomic E-state index is 12.5. The molecule has 26 heavy (non-hydrogen) atoms. The lowest BCUT2D eigenvalue weighted by Crippen LogP contribution is -2.38. The number of carbonyl (C=O) groups excluding carboxylic acids is 2. The lowest BCUT2D eigenvalue weighted by atomic mass is 10.1. The molecule has 1 heterocycles. The van der Waals surface area contributed by atoms with Gasteiger partial charge in [0.25, 0.3) is 11.8 Å². The predicted octanol–water partition coefficient (Wildman–Crippen LogP) is 3.51. The maximum Gasteiger partial charge on any atom is 0.265 e. The molecule has 3 rings (SSSR count). The Kier molecular flexibility index (Phi) is 5.14. The van der Waals surface area contributed by atoms with E-state index in [1.54, 1.807) is 41.3 Å². The summed E-state index contributed by atoms with van der Waals surface area (Å²) in [7, 11) is 1.51. The molecule has 0 saturated carbocycles. The third kappa shape index (κ3) is 3.50. The molecule has 0 aliphatic carbocycles. The molecule has 0 atom stereocenters. The van der Waals surface area contributed by atoms with Gasteiger partial charge in [0, 0.05) is 17.8 Å². The van der Waals surface area contributed by atoms with Crippen molar-refractivity contribution in [2.24, 2.45) is 0 Å². The average molecular weight is 373 g/mol.